The Morgan fingerprint density at radius 1 is 1.07 bits per heavy atom. The van der Waals surface area contributed by atoms with Crippen LogP contribution in [0.2, 0.25) is 5.02 Å². The van der Waals surface area contributed by atoms with Crippen LogP contribution in [0.25, 0.3) is 0 Å². The Hall–Kier alpha value is -2.38. The largest absolute Gasteiger partial charge is 0.493 e. The van der Waals surface area contributed by atoms with Crippen LogP contribution in [0.3, 0.4) is 0 Å². The Labute approximate surface area is 173 Å². The molecule has 0 radical (unpaired) electrons. The summed E-state index contributed by atoms with van der Waals surface area (Å²) in [4.78, 5) is 16.9. The highest BCUT2D eigenvalue weighted by atomic mass is 35.5. The van der Waals surface area contributed by atoms with E-state index in [4.69, 9.17) is 16.3 Å². The SMILES string of the molecule is COc1cc(C(=O)N2CCN(C(C)c3ccccc3Cl)CC2)ccc1OC(F)F. The molecular formula is C21H23ClF2N2O3. The molecule has 8 heteroatoms. The summed E-state index contributed by atoms with van der Waals surface area (Å²) in [5.74, 6) is -0.170. The molecule has 2 aromatic rings. The highest BCUT2D eigenvalue weighted by Crippen LogP contribution is 2.31. The van der Waals surface area contributed by atoms with Crippen molar-refractivity contribution in [2.75, 3.05) is 33.3 Å². The molecule has 0 saturated carbocycles. The number of hydrogen-bond acceptors (Lipinski definition) is 4. The van der Waals surface area contributed by atoms with Crippen LogP contribution in [0.15, 0.2) is 42.5 Å². The molecule has 1 aliphatic rings. The molecule has 0 bridgehead atoms. The summed E-state index contributed by atoms with van der Waals surface area (Å²) in [7, 11) is 1.34. The molecule has 1 aliphatic heterocycles. The van der Waals surface area contributed by atoms with E-state index in [1.165, 1.54) is 25.3 Å². The molecule has 3 rings (SSSR count). The van der Waals surface area contributed by atoms with E-state index in [-0.39, 0.29) is 23.4 Å². The molecule has 1 unspecified atom stereocenters. The number of carbonyl (C=O) groups excluding carboxylic acids is 1. The van der Waals surface area contributed by atoms with Crippen LogP contribution >= 0.6 is 11.6 Å². The highest BCUT2D eigenvalue weighted by Gasteiger charge is 2.26. The van der Waals surface area contributed by atoms with Crippen molar-refractivity contribution >= 4 is 17.5 Å². The van der Waals surface area contributed by atoms with Crippen LogP contribution in [0.1, 0.15) is 28.9 Å². The highest BCUT2D eigenvalue weighted by molar-refractivity contribution is 6.31. The van der Waals surface area contributed by atoms with E-state index in [9.17, 15) is 13.6 Å². The van der Waals surface area contributed by atoms with Gasteiger partial charge in [-0.15, -0.1) is 0 Å². The molecule has 1 fully saturated rings. The zero-order valence-electron chi connectivity index (χ0n) is 16.3. The number of halogens is 3. The maximum Gasteiger partial charge on any atom is 0.387 e. The first-order valence-corrected chi connectivity index (χ1v) is 9.69. The van der Waals surface area contributed by atoms with E-state index < -0.39 is 6.61 Å². The van der Waals surface area contributed by atoms with Gasteiger partial charge in [0.05, 0.1) is 7.11 Å². The zero-order chi connectivity index (χ0) is 21.0. The van der Waals surface area contributed by atoms with Crippen molar-refractivity contribution in [2.45, 2.75) is 19.6 Å². The molecule has 5 nitrogen and oxygen atoms in total. The first-order chi connectivity index (χ1) is 13.9. The lowest BCUT2D eigenvalue weighted by Gasteiger charge is -2.38. The second-order valence-corrected chi connectivity index (χ2v) is 7.18. The average Bonchev–Trinajstić information content (AvgIpc) is 2.73. The maximum absolute atomic E-state index is 12.8. The fourth-order valence-corrected chi connectivity index (χ4v) is 3.79. The number of benzene rings is 2. The first-order valence-electron chi connectivity index (χ1n) is 9.31. The van der Waals surface area contributed by atoms with Crippen LogP contribution in [-0.4, -0.2) is 55.6 Å². The van der Waals surface area contributed by atoms with E-state index in [0.717, 1.165) is 10.6 Å². The normalized spacial score (nSPS) is 16.0. The van der Waals surface area contributed by atoms with Crippen molar-refractivity contribution in [3.05, 3.63) is 58.6 Å². The third-order valence-corrected chi connectivity index (χ3v) is 5.48. The van der Waals surface area contributed by atoms with Crippen molar-refractivity contribution in [3.8, 4) is 11.5 Å². The Morgan fingerprint density at radius 2 is 1.76 bits per heavy atom. The summed E-state index contributed by atoms with van der Waals surface area (Å²) in [6.07, 6.45) is 0. The molecule has 0 spiro atoms. The van der Waals surface area contributed by atoms with Gasteiger partial charge in [-0.25, -0.2) is 0 Å². The lowest BCUT2D eigenvalue weighted by Crippen LogP contribution is -2.49. The van der Waals surface area contributed by atoms with Gasteiger partial charge in [0.25, 0.3) is 5.91 Å². The number of hydrogen-bond donors (Lipinski definition) is 0. The number of amides is 1. The third kappa shape index (κ3) is 4.97. The number of piperazine rings is 1. The number of nitrogens with zero attached hydrogens (tertiary/aromatic N) is 2. The van der Waals surface area contributed by atoms with Crippen LogP contribution in [0.5, 0.6) is 11.5 Å². The van der Waals surface area contributed by atoms with Crippen LogP contribution in [-0.2, 0) is 0 Å². The summed E-state index contributed by atoms with van der Waals surface area (Å²) in [6.45, 7) is 1.68. The minimum absolute atomic E-state index is 0.0992. The standard InChI is InChI=1S/C21H23ClF2N2O3/c1-14(16-5-3-4-6-17(16)22)25-9-11-26(12-10-25)20(27)15-7-8-18(29-21(23)24)19(13-15)28-2/h3-8,13-14,21H,9-12H2,1-2H3. The van der Waals surface area contributed by atoms with Crippen molar-refractivity contribution < 1.29 is 23.0 Å². The molecule has 2 aromatic carbocycles. The van der Waals surface area contributed by atoms with Gasteiger partial charge in [-0.05, 0) is 36.8 Å². The number of rotatable bonds is 6. The average molecular weight is 425 g/mol. The minimum atomic E-state index is -2.96. The van der Waals surface area contributed by atoms with E-state index in [2.05, 4.69) is 16.6 Å². The van der Waals surface area contributed by atoms with Crippen LogP contribution < -0.4 is 9.47 Å². The summed E-state index contributed by atoms with van der Waals surface area (Å²) in [5, 5.41) is 0.733. The zero-order valence-corrected chi connectivity index (χ0v) is 17.0. The fourth-order valence-electron chi connectivity index (χ4n) is 3.50. The molecule has 0 aliphatic carbocycles. The number of carbonyl (C=O) groups is 1. The quantitative estimate of drug-likeness (QED) is 0.686. The topological polar surface area (TPSA) is 42.0 Å². The van der Waals surface area contributed by atoms with Crippen LogP contribution in [0, 0.1) is 0 Å². The third-order valence-electron chi connectivity index (χ3n) is 5.13. The van der Waals surface area contributed by atoms with Crippen molar-refractivity contribution in [1.82, 2.24) is 9.80 Å². The molecule has 156 valence electrons. The van der Waals surface area contributed by atoms with E-state index >= 15 is 0 Å². The number of ether oxygens (including phenoxy) is 2. The molecule has 29 heavy (non-hydrogen) atoms. The Morgan fingerprint density at radius 3 is 2.38 bits per heavy atom. The van der Waals surface area contributed by atoms with Gasteiger partial charge in [0.1, 0.15) is 0 Å². The van der Waals surface area contributed by atoms with Gasteiger partial charge in [0.15, 0.2) is 11.5 Å². The molecule has 1 atom stereocenters. The molecule has 0 aromatic heterocycles. The minimum Gasteiger partial charge on any atom is -0.493 e. The van der Waals surface area contributed by atoms with Gasteiger partial charge in [0.2, 0.25) is 0 Å². The summed E-state index contributed by atoms with van der Waals surface area (Å²) in [5.41, 5.74) is 1.43. The Balaban J connectivity index is 1.65. The molecule has 0 N–H and O–H groups in total. The predicted molar refractivity (Wildman–Crippen MR) is 107 cm³/mol. The van der Waals surface area contributed by atoms with E-state index in [1.54, 1.807) is 4.90 Å². The maximum atomic E-state index is 12.8. The summed E-state index contributed by atoms with van der Waals surface area (Å²) >= 11 is 6.31. The van der Waals surface area contributed by atoms with E-state index in [1.807, 2.05) is 24.3 Å². The van der Waals surface area contributed by atoms with Gasteiger partial charge in [0, 0.05) is 42.8 Å². The van der Waals surface area contributed by atoms with Gasteiger partial charge < -0.3 is 14.4 Å². The Kier molecular flexibility index (Phi) is 6.92. The van der Waals surface area contributed by atoms with Crippen molar-refractivity contribution in [3.63, 3.8) is 0 Å². The van der Waals surface area contributed by atoms with Gasteiger partial charge in [-0.3, -0.25) is 9.69 Å². The van der Waals surface area contributed by atoms with Gasteiger partial charge in [-0.1, -0.05) is 29.8 Å². The molecule has 1 amide bonds. The van der Waals surface area contributed by atoms with Crippen molar-refractivity contribution in [2.24, 2.45) is 0 Å². The lowest BCUT2D eigenvalue weighted by atomic mass is 10.1. The molecule has 1 heterocycles. The van der Waals surface area contributed by atoms with Crippen molar-refractivity contribution in [1.29, 1.82) is 0 Å². The first kappa shape index (κ1) is 21.3. The van der Waals surface area contributed by atoms with Gasteiger partial charge >= 0.3 is 6.61 Å². The number of alkyl halides is 2. The van der Waals surface area contributed by atoms with E-state index in [0.29, 0.717) is 31.7 Å². The predicted octanol–water partition coefficient (Wildman–Crippen LogP) is 4.47. The second kappa shape index (κ2) is 9.41. The Bertz CT molecular complexity index is 858. The smallest absolute Gasteiger partial charge is 0.387 e. The molecule has 1 saturated heterocycles. The van der Waals surface area contributed by atoms with Crippen LogP contribution in [0.4, 0.5) is 8.78 Å². The number of methoxy groups -OCH3 is 1. The monoisotopic (exact) mass is 424 g/mol. The fraction of sp³-hybridized carbons (Fsp3) is 0.381. The summed E-state index contributed by atoms with van der Waals surface area (Å²) in [6, 6.07) is 12.1. The van der Waals surface area contributed by atoms with Gasteiger partial charge in [-0.2, -0.15) is 8.78 Å². The summed E-state index contributed by atoms with van der Waals surface area (Å²) < 4.78 is 34.4. The second-order valence-electron chi connectivity index (χ2n) is 6.77. The lowest BCUT2D eigenvalue weighted by molar-refractivity contribution is -0.0512. The molecular weight excluding hydrogens is 402 g/mol.